The molecule has 0 spiro atoms. The number of nitrogens with one attached hydrogen (secondary N) is 1. The molecule has 0 fully saturated rings. The number of carbonyl (C=O) groups is 1. The lowest BCUT2D eigenvalue weighted by atomic mass is 10.2. The van der Waals surface area contributed by atoms with Crippen LogP contribution in [-0.4, -0.2) is 21.9 Å². The van der Waals surface area contributed by atoms with Crippen molar-refractivity contribution in [2.45, 2.75) is 6.92 Å². The number of aromatic nitrogens is 2. The molecular weight excluding hydrogens is 388 g/mol. The first-order valence-corrected chi connectivity index (χ1v) is 7.35. The zero-order valence-corrected chi connectivity index (χ0v) is 14.1. The monoisotopic (exact) mass is 398 g/mol. The summed E-state index contributed by atoms with van der Waals surface area (Å²) in [4.78, 5) is 12.0. The highest BCUT2D eigenvalue weighted by Gasteiger charge is 2.17. The molecule has 1 amide bonds. The lowest BCUT2D eigenvalue weighted by molar-refractivity contribution is 0.0945. The zero-order valence-electron chi connectivity index (χ0n) is 10.9. The quantitative estimate of drug-likeness (QED) is 0.637. The Morgan fingerprint density at radius 3 is 2.80 bits per heavy atom. The largest absolute Gasteiger partial charge is 0.290 e. The van der Waals surface area contributed by atoms with Gasteiger partial charge in [0.25, 0.3) is 5.91 Å². The maximum atomic E-state index is 12.0. The number of nitrogens with zero attached hydrogens (tertiary/aromatic N) is 3. The highest BCUT2D eigenvalue weighted by molar-refractivity contribution is 9.10. The fourth-order valence-electron chi connectivity index (χ4n) is 1.68. The Balaban J connectivity index is 2.09. The third-order valence-electron chi connectivity index (χ3n) is 2.59. The lowest BCUT2D eigenvalue weighted by Crippen LogP contribution is -2.21. The van der Waals surface area contributed by atoms with E-state index in [0.717, 1.165) is 15.7 Å². The molecule has 0 bridgehead atoms. The molecule has 104 valence electrons. The summed E-state index contributed by atoms with van der Waals surface area (Å²) in [6, 6.07) is 7.62. The number of aryl methyl sites for hydroxylation is 2. The second-order valence-electron chi connectivity index (χ2n) is 4.13. The molecule has 7 heteroatoms. The first kappa shape index (κ1) is 14.9. The van der Waals surface area contributed by atoms with Crippen molar-refractivity contribution in [3.63, 3.8) is 0 Å². The fraction of sp³-hybridized carbons (Fsp3) is 0.154. The second-order valence-corrected chi connectivity index (χ2v) is 5.83. The van der Waals surface area contributed by atoms with Crippen molar-refractivity contribution in [3.8, 4) is 0 Å². The normalized spacial score (nSPS) is 11.0. The van der Waals surface area contributed by atoms with Crippen LogP contribution in [-0.2, 0) is 7.05 Å². The van der Waals surface area contributed by atoms with E-state index in [0.29, 0.717) is 10.2 Å². The van der Waals surface area contributed by atoms with Crippen molar-refractivity contribution in [2.75, 3.05) is 0 Å². The molecule has 0 aliphatic heterocycles. The van der Waals surface area contributed by atoms with Crippen LogP contribution in [0.25, 0.3) is 0 Å². The molecule has 0 atom stereocenters. The minimum absolute atomic E-state index is 0.314. The van der Waals surface area contributed by atoms with Gasteiger partial charge in [-0.05, 0) is 40.5 Å². The maximum absolute atomic E-state index is 12.0. The van der Waals surface area contributed by atoms with E-state index < -0.39 is 0 Å². The minimum Gasteiger partial charge on any atom is -0.266 e. The first-order valence-electron chi connectivity index (χ1n) is 5.77. The van der Waals surface area contributed by atoms with Crippen molar-refractivity contribution in [1.82, 2.24) is 15.2 Å². The number of carbonyl (C=O) groups excluding carboxylic acids is 1. The Labute approximate surface area is 133 Å². The predicted octanol–water partition coefficient (Wildman–Crippen LogP) is 3.02. The number of benzene rings is 1. The van der Waals surface area contributed by atoms with Crippen LogP contribution < -0.4 is 5.43 Å². The zero-order chi connectivity index (χ0) is 14.7. The molecule has 0 radical (unpaired) electrons. The van der Waals surface area contributed by atoms with Gasteiger partial charge in [0.15, 0.2) is 0 Å². The summed E-state index contributed by atoms with van der Waals surface area (Å²) in [5, 5.41) is 8.10. The Hall–Kier alpha value is -1.47. The van der Waals surface area contributed by atoms with Gasteiger partial charge >= 0.3 is 0 Å². The highest BCUT2D eigenvalue weighted by Crippen LogP contribution is 2.19. The Kier molecular flexibility index (Phi) is 4.72. The first-order chi connectivity index (χ1) is 9.49. The molecule has 1 aromatic heterocycles. The Morgan fingerprint density at radius 1 is 1.45 bits per heavy atom. The van der Waals surface area contributed by atoms with Crippen molar-refractivity contribution in [3.05, 3.63) is 50.2 Å². The average molecular weight is 400 g/mol. The summed E-state index contributed by atoms with van der Waals surface area (Å²) in [7, 11) is 1.71. The number of rotatable bonds is 3. The van der Waals surface area contributed by atoms with Gasteiger partial charge in [0.05, 0.1) is 16.4 Å². The Morgan fingerprint density at radius 2 is 2.20 bits per heavy atom. The molecule has 1 aromatic carbocycles. The van der Waals surface area contributed by atoms with Crippen LogP contribution in [0.1, 0.15) is 21.7 Å². The molecule has 5 nitrogen and oxygen atoms in total. The summed E-state index contributed by atoms with van der Waals surface area (Å²) in [5.74, 6) is -0.314. The van der Waals surface area contributed by atoms with Crippen LogP contribution in [0.5, 0.6) is 0 Å². The summed E-state index contributed by atoms with van der Waals surface area (Å²) < 4.78 is 3.15. The van der Waals surface area contributed by atoms with Crippen molar-refractivity contribution in [2.24, 2.45) is 12.1 Å². The van der Waals surface area contributed by atoms with Crippen LogP contribution in [0.3, 0.4) is 0 Å². The van der Waals surface area contributed by atoms with Gasteiger partial charge < -0.3 is 0 Å². The van der Waals surface area contributed by atoms with E-state index in [1.807, 2.05) is 31.2 Å². The standard InChI is InChI=1S/C13H12Br2N4O/c1-8-11(15)12(19(2)18-8)13(20)17-16-7-9-4-3-5-10(14)6-9/h3-7H,1-2H3,(H,17,20). The third kappa shape index (κ3) is 3.34. The van der Waals surface area contributed by atoms with E-state index in [9.17, 15) is 4.79 Å². The highest BCUT2D eigenvalue weighted by atomic mass is 79.9. The van der Waals surface area contributed by atoms with E-state index in [-0.39, 0.29) is 5.91 Å². The van der Waals surface area contributed by atoms with Gasteiger partial charge in [0.1, 0.15) is 5.69 Å². The average Bonchev–Trinajstić information content (AvgIpc) is 2.63. The minimum atomic E-state index is -0.314. The van der Waals surface area contributed by atoms with Crippen LogP contribution in [0.2, 0.25) is 0 Å². The fourth-order valence-corrected chi connectivity index (χ4v) is 2.62. The molecule has 20 heavy (non-hydrogen) atoms. The molecule has 1 N–H and O–H groups in total. The number of hydrogen-bond donors (Lipinski definition) is 1. The van der Waals surface area contributed by atoms with Crippen molar-refractivity contribution >= 4 is 44.0 Å². The van der Waals surface area contributed by atoms with E-state index in [1.54, 1.807) is 13.3 Å². The van der Waals surface area contributed by atoms with E-state index in [4.69, 9.17) is 0 Å². The topological polar surface area (TPSA) is 59.3 Å². The maximum Gasteiger partial charge on any atom is 0.290 e. The molecule has 0 aliphatic carbocycles. The molecule has 2 rings (SSSR count). The molecule has 1 heterocycles. The summed E-state index contributed by atoms with van der Waals surface area (Å²) in [5.41, 5.74) is 4.57. The number of hydrazone groups is 1. The third-order valence-corrected chi connectivity index (χ3v) is 4.04. The van der Waals surface area contributed by atoms with Crippen molar-refractivity contribution in [1.29, 1.82) is 0 Å². The van der Waals surface area contributed by atoms with Crippen LogP contribution in [0.4, 0.5) is 0 Å². The molecule has 0 saturated carbocycles. The molecule has 2 aromatic rings. The van der Waals surface area contributed by atoms with Gasteiger partial charge in [0.2, 0.25) is 0 Å². The van der Waals surface area contributed by atoms with Crippen LogP contribution in [0, 0.1) is 6.92 Å². The van der Waals surface area contributed by atoms with E-state index in [1.165, 1.54) is 4.68 Å². The lowest BCUT2D eigenvalue weighted by Gasteiger charge is -2.01. The summed E-state index contributed by atoms with van der Waals surface area (Å²) in [6.07, 6.45) is 1.58. The summed E-state index contributed by atoms with van der Waals surface area (Å²) in [6.45, 7) is 1.83. The molecular formula is C13H12Br2N4O. The number of halogens is 2. The van der Waals surface area contributed by atoms with Gasteiger partial charge in [-0.3, -0.25) is 9.48 Å². The van der Waals surface area contributed by atoms with Gasteiger partial charge in [-0.2, -0.15) is 10.2 Å². The van der Waals surface area contributed by atoms with Gasteiger partial charge in [-0.25, -0.2) is 5.43 Å². The summed E-state index contributed by atoms with van der Waals surface area (Å²) >= 11 is 6.72. The van der Waals surface area contributed by atoms with Crippen LogP contribution in [0.15, 0.2) is 38.3 Å². The predicted molar refractivity (Wildman–Crippen MR) is 84.8 cm³/mol. The van der Waals surface area contributed by atoms with Crippen LogP contribution >= 0.6 is 31.9 Å². The SMILES string of the molecule is Cc1nn(C)c(C(=O)NN=Cc2cccc(Br)c2)c1Br. The van der Waals surface area contributed by atoms with Gasteiger partial charge in [-0.15, -0.1) is 0 Å². The Bertz CT molecular complexity index is 679. The molecule has 0 aliphatic rings. The second kappa shape index (κ2) is 6.32. The van der Waals surface area contributed by atoms with Gasteiger partial charge in [-0.1, -0.05) is 28.1 Å². The van der Waals surface area contributed by atoms with E-state index >= 15 is 0 Å². The van der Waals surface area contributed by atoms with Gasteiger partial charge in [0, 0.05) is 11.5 Å². The number of hydrogen-bond acceptors (Lipinski definition) is 3. The molecule has 0 unspecified atom stereocenters. The van der Waals surface area contributed by atoms with E-state index in [2.05, 4.69) is 47.5 Å². The molecule has 0 saturated heterocycles. The number of amides is 1. The smallest absolute Gasteiger partial charge is 0.266 e. The van der Waals surface area contributed by atoms with Crippen molar-refractivity contribution < 1.29 is 4.79 Å².